The molecule has 7 nitrogen and oxygen atoms in total. The van der Waals surface area contributed by atoms with Crippen LogP contribution in [-0.2, 0) is 0 Å². The molecule has 0 spiro atoms. The van der Waals surface area contributed by atoms with Gasteiger partial charge in [-0.15, -0.1) is 0 Å². The molecule has 1 saturated heterocycles. The topological polar surface area (TPSA) is 86.2 Å². The van der Waals surface area contributed by atoms with Crippen molar-refractivity contribution < 1.29 is 5.11 Å². The number of hydrogen-bond donors (Lipinski definition) is 3. The third-order valence-corrected chi connectivity index (χ3v) is 3.47. The smallest absolute Gasteiger partial charge is 0.231 e. The molecular weight excluding hydrogens is 268 g/mol. The molecule has 0 saturated carbocycles. The highest BCUT2D eigenvalue weighted by atomic mass is 16.3. The van der Waals surface area contributed by atoms with E-state index in [2.05, 4.69) is 37.4 Å². The molecule has 118 valence electrons. The Balaban J connectivity index is 2.07. The van der Waals surface area contributed by atoms with Crippen LogP contribution in [-0.4, -0.2) is 52.3 Å². The Morgan fingerprint density at radius 3 is 2.38 bits per heavy atom. The lowest BCUT2D eigenvalue weighted by Gasteiger charge is -2.17. The van der Waals surface area contributed by atoms with Crippen LogP contribution in [0.2, 0.25) is 0 Å². The predicted octanol–water partition coefficient (Wildman–Crippen LogP) is 1.48. The summed E-state index contributed by atoms with van der Waals surface area (Å²) in [7, 11) is 0. The highest BCUT2D eigenvalue weighted by molar-refractivity contribution is 5.44. The van der Waals surface area contributed by atoms with Crippen LogP contribution in [0.3, 0.4) is 0 Å². The van der Waals surface area contributed by atoms with Crippen LogP contribution in [0.15, 0.2) is 0 Å². The zero-order valence-electron chi connectivity index (χ0n) is 13.0. The van der Waals surface area contributed by atoms with Crippen molar-refractivity contribution in [2.75, 3.05) is 41.7 Å². The zero-order valence-corrected chi connectivity index (χ0v) is 13.0. The van der Waals surface area contributed by atoms with E-state index in [-0.39, 0.29) is 6.10 Å². The Labute approximate surface area is 126 Å². The zero-order chi connectivity index (χ0) is 15.1. The van der Waals surface area contributed by atoms with Crippen LogP contribution in [0, 0.1) is 0 Å². The number of anilines is 3. The average molecular weight is 294 g/mol. The number of hydrogen-bond acceptors (Lipinski definition) is 7. The van der Waals surface area contributed by atoms with Crippen molar-refractivity contribution in [1.29, 1.82) is 0 Å². The molecule has 1 aromatic heterocycles. The van der Waals surface area contributed by atoms with Crippen molar-refractivity contribution in [3.8, 4) is 0 Å². The first kappa shape index (κ1) is 15.8. The molecule has 7 heteroatoms. The van der Waals surface area contributed by atoms with E-state index in [0.29, 0.717) is 24.4 Å². The van der Waals surface area contributed by atoms with E-state index in [1.54, 1.807) is 0 Å². The molecule has 0 amide bonds. The number of aliphatic hydroxyl groups is 1. The molecule has 1 atom stereocenters. The maximum absolute atomic E-state index is 9.80. The Morgan fingerprint density at radius 2 is 1.76 bits per heavy atom. The van der Waals surface area contributed by atoms with Gasteiger partial charge in [0.2, 0.25) is 17.8 Å². The second-order valence-corrected chi connectivity index (χ2v) is 5.33. The maximum Gasteiger partial charge on any atom is 0.231 e. The first-order valence-electron chi connectivity index (χ1n) is 7.89. The van der Waals surface area contributed by atoms with Gasteiger partial charge in [0.15, 0.2) is 0 Å². The molecule has 1 aromatic rings. The first-order chi connectivity index (χ1) is 10.2. The number of aromatic nitrogens is 3. The van der Waals surface area contributed by atoms with Gasteiger partial charge in [-0.05, 0) is 26.2 Å². The number of nitrogens with zero attached hydrogens (tertiary/aromatic N) is 4. The fourth-order valence-corrected chi connectivity index (χ4v) is 2.38. The second-order valence-electron chi connectivity index (χ2n) is 5.33. The van der Waals surface area contributed by atoms with Crippen molar-refractivity contribution in [3.05, 3.63) is 0 Å². The summed E-state index contributed by atoms with van der Waals surface area (Å²) in [6, 6.07) is 0. The molecule has 1 aliphatic rings. The molecule has 21 heavy (non-hydrogen) atoms. The van der Waals surface area contributed by atoms with E-state index in [4.69, 9.17) is 0 Å². The van der Waals surface area contributed by atoms with Crippen molar-refractivity contribution in [3.63, 3.8) is 0 Å². The summed E-state index contributed by atoms with van der Waals surface area (Å²) in [5, 5.41) is 16.1. The average Bonchev–Trinajstić information content (AvgIpc) is 3.00. The van der Waals surface area contributed by atoms with Gasteiger partial charge in [-0.25, -0.2) is 0 Å². The van der Waals surface area contributed by atoms with Gasteiger partial charge >= 0.3 is 0 Å². The Morgan fingerprint density at radius 1 is 1.10 bits per heavy atom. The Bertz CT molecular complexity index is 435. The van der Waals surface area contributed by atoms with E-state index in [1.165, 1.54) is 12.8 Å². The van der Waals surface area contributed by atoms with E-state index >= 15 is 0 Å². The third-order valence-electron chi connectivity index (χ3n) is 3.47. The first-order valence-corrected chi connectivity index (χ1v) is 7.89. The lowest BCUT2D eigenvalue weighted by Crippen LogP contribution is -2.24. The van der Waals surface area contributed by atoms with Crippen LogP contribution in [0.5, 0.6) is 0 Å². The summed E-state index contributed by atoms with van der Waals surface area (Å²) in [5.41, 5.74) is 0. The number of nitrogens with one attached hydrogen (secondary N) is 2. The number of rotatable bonds is 8. The van der Waals surface area contributed by atoms with Crippen LogP contribution in [0.4, 0.5) is 17.8 Å². The van der Waals surface area contributed by atoms with Gasteiger partial charge in [-0.3, -0.25) is 0 Å². The molecule has 2 heterocycles. The van der Waals surface area contributed by atoms with Crippen molar-refractivity contribution >= 4 is 17.8 Å². The summed E-state index contributed by atoms with van der Waals surface area (Å²) in [6.07, 6.45) is 3.73. The largest absolute Gasteiger partial charge is 0.391 e. The van der Waals surface area contributed by atoms with E-state index in [1.807, 2.05) is 6.92 Å². The summed E-state index contributed by atoms with van der Waals surface area (Å²) in [5.74, 6) is 1.82. The molecule has 0 aromatic carbocycles. The fourth-order valence-electron chi connectivity index (χ4n) is 2.38. The Hall–Kier alpha value is -1.63. The van der Waals surface area contributed by atoms with Gasteiger partial charge in [0, 0.05) is 26.2 Å². The normalized spacial score (nSPS) is 16.0. The minimum absolute atomic E-state index is 0.371. The second kappa shape index (κ2) is 7.97. The highest BCUT2D eigenvalue weighted by Crippen LogP contribution is 2.18. The summed E-state index contributed by atoms with van der Waals surface area (Å²) >= 11 is 0. The van der Waals surface area contributed by atoms with Crippen molar-refractivity contribution in [2.45, 2.75) is 45.6 Å². The summed E-state index contributed by atoms with van der Waals surface area (Å²) < 4.78 is 0. The van der Waals surface area contributed by atoms with Gasteiger partial charge < -0.3 is 20.6 Å². The highest BCUT2D eigenvalue weighted by Gasteiger charge is 2.17. The monoisotopic (exact) mass is 294 g/mol. The molecule has 0 bridgehead atoms. The minimum atomic E-state index is -0.371. The predicted molar refractivity (Wildman–Crippen MR) is 84.8 cm³/mol. The van der Waals surface area contributed by atoms with Crippen molar-refractivity contribution in [2.24, 2.45) is 0 Å². The van der Waals surface area contributed by atoms with E-state index in [9.17, 15) is 5.11 Å². The molecule has 2 rings (SSSR count). The van der Waals surface area contributed by atoms with Gasteiger partial charge in [-0.2, -0.15) is 15.0 Å². The SMILES string of the molecule is CCCC(O)CNc1nc(NCC)nc(N2CCCC2)n1. The van der Waals surface area contributed by atoms with Gasteiger partial charge in [-0.1, -0.05) is 13.3 Å². The van der Waals surface area contributed by atoms with Gasteiger partial charge in [0.05, 0.1) is 6.10 Å². The number of aliphatic hydroxyl groups excluding tert-OH is 1. The molecule has 3 N–H and O–H groups in total. The van der Waals surface area contributed by atoms with Gasteiger partial charge in [0.25, 0.3) is 0 Å². The Kier molecular flexibility index (Phi) is 5.98. The molecule has 1 aliphatic heterocycles. The third kappa shape index (κ3) is 4.70. The molecule has 1 fully saturated rings. The van der Waals surface area contributed by atoms with Crippen LogP contribution >= 0.6 is 0 Å². The quantitative estimate of drug-likeness (QED) is 0.669. The van der Waals surface area contributed by atoms with E-state index in [0.717, 1.165) is 32.5 Å². The molecule has 0 radical (unpaired) electrons. The lowest BCUT2D eigenvalue weighted by atomic mass is 10.2. The van der Waals surface area contributed by atoms with Gasteiger partial charge in [0.1, 0.15) is 0 Å². The van der Waals surface area contributed by atoms with Crippen LogP contribution < -0.4 is 15.5 Å². The fraction of sp³-hybridized carbons (Fsp3) is 0.786. The summed E-state index contributed by atoms with van der Waals surface area (Å²) in [4.78, 5) is 15.5. The van der Waals surface area contributed by atoms with Crippen LogP contribution in [0.1, 0.15) is 39.5 Å². The van der Waals surface area contributed by atoms with Crippen molar-refractivity contribution in [1.82, 2.24) is 15.0 Å². The maximum atomic E-state index is 9.80. The van der Waals surface area contributed by atoms with Crippen LogP contribution in [0.25, 0.3) is 0 Å². The molecule has 0 aliphatic carbocycles. The standard InChI is InChI=1S/C14H26N6O/c1-3-7-11(21)10-16-13-17-12(15-4-2)18-14(19-13)20-8-5-6-9-20/h11,21H,3-10H2,1-2H3,(H2,15,16,17,18,19). The molecule has 1 unspecified atom stereocenters. The molecular formula is C14H26N6O. The summed E-state index contributed by atoms with van der Waals surface area (Å²) in [6.45, 7) is 7.28. The minimum Gasteiger partial charge on any atom is -0.391 e. The lowest BCUT2D eigenvalue weighted by molar-refractivity contribution is 0.176. The van der Waals surface area contributed by atoms with E-state index < -0.39 is 0 Å².